The molecule has 1 saturated heterocycles. The van der Waals surface area contributed by atoms with Gasteiger partial charge in [-0.3, -0.25) is 4.79 Å². The number of carbonyl (C=O) groups excluding carboxylic acids is 2. The first-order chi connectivity index (χ1) is 14.6. The molecular formula is C24H27N3O3. The molecule has 0 radical (unpaired) electrons. The van der Waals surface area contributed by atoms with Crippen molar-refractivity contribution in [2.24, 2.45) is 0 Å². The van der Waals surface area contributed by atoms with Gasteiger partial charge in [-0.1, -0.05) is 42.5 Å². The molecule has 3 aliphatic rings. The Hall–Kier alpha value is -2.86. The number of piperidine rings is 1. The first-order valence-corrected chi connectivity index (χ1v) is 10.7. The molecule has 1 fully saturated rings. The summed E-state index contributed by atoms with van der Waals surface area (Å²) in [6.07, 6.45) is 2.35. The van der Waals surface area contributed by atoms with Crippen molar-refractivity contribution >= 4 is 17.6 Å². The lowest BCUT2D eigenvalue weighted by Crippen LogP contribution is -2.50. The van der Waals surface area contributed by atoms with Crippen molar-refractivity contribution in [3.8, 4) is 0 Å². The number of hydrogen-bond acceptors (Lipinski definition) is 3. The monoisotopic (exact) mass is 405 g/mol. The Morgan fingerprint density at radius 3 is 2.57 bits per heavy atom. The van der Waals surface area contributed by atoms with E-state index < -0.39 is 0 Å². The van der Waals surface area contributed by atoms with Crippen LogP contribution in [-0.2, 0) is 21.7 Å². The number of ether oxygens (including phenoxy) is 1. The summed E-state index contributed by atoms with van der Waals surface area (Å²) in [6.45, 7) is 4.21. The predicted octanol–water partition coefficient (Wildman–Crippen LogP) is 3.72. The molecule has 0 aliphatic carbocycles. The molecule has 2 aromatic rings. The first kappa shape index (κ1) is 19.1. The van der Waals surface area contributed by atoms with Crippen LogP contribution in [0.1, 0.15) is 48.9 Å². The van der Waals surface area contributed by atoms with Crippen LogP contribution in [-0.4, -0.2) is 36.5 Å². The number of para-hydroxylation sites is 1. The third-order valence-corrected chi connectivity index (χ3v) is 6.79. The van der Waals surface area contributed by atoms with Crippen LogP contribution >= 0.6 is 0 Å². The van der Waals surface area contributed by atoms with Crippen molar-refractivity contribution < 1.29 is 14.3 Å². The number of benzene rings is 2. The second kappa shape index (κ2) is 7.43. The molecule has 1 spiro atoms. The minimum Gasteiger partial charge on any atom is -0.365 e. The van der Waals surface area contributed by atoms with E-state index in [9.17, 15) is 9.59 Å². The topological polar surface area (TPSA) is 61.9 Å². The summed E-state index contributed by atoms with van der Waals surface area (Å²) in [6, 6.07) is 16.2. The van der Waals surface area contributed by atoms with Gasteiger partial charge >= 0.3 is 6.03 Å². The Bertz CT molecular complexity index is 981. The van der Waals surface area contributed by atoms with Crippen LogP contribution in [0.15, 0.2) is 48.5 Å². The third kappa shape index (κ3) is 3.16. The number of rotatable bonds is 1. The van der Waals surface area contributed by atoms with Crippen molar-refractivity contribution in [1.29, 1.82) is 0 Å². The molecule has 3 heterocycles. The lowest BCUT2D eigenvalue weighted by molar-refractivity contribution is -0.116. The molecule has 1 atom stereocenters. The second-order valence-corrected chi connectivity index (χ2v) is 8.45. The molecule has 3 aliphatic heterocycles. The summed E-state index contributed by atoms with van der Waals surface area (Å²) in [5.74, 6) is 0.0328. The maximum atomic E-state index is 13.0. The Labute approximate surface area is 176 Å². The number of anilines is 1. The lowest BCUT2D eigenvalue weighted by atomic mass is 9.84. The fourth-order valence-corrected chi connectivity index (χ4v) is 5.15. The molecule has 0 aromatic heterocycles. The van der Waals surface area contributed by atoms with E-state index in [2.05, 4.69) is 29.6 Å². The zero-order chi connectivity index (χ0) is 20.7. The number of fused-ring (bicyclic) bond motifs is 3. The molecule has 30 heavy (non-hydrogen) atoms. The van der Waals surface area contributed by atoms with E-state index >= 15 is 0 Å². The van der Waals surface area contributed by atoms with Gasteiger partial charge in [0.15, 0.2) is 0 Å². The van der Waals surface area contributed by atoms with Gasteiger partial charge in [-0.15, -0.1) is 0 Å². The summed E-state index contributed by atoms with van der Waals surface area (Å²) in [4.78, 5) is 28.7. The quantitative estimate of drug-likeness (QED) is 0.787. The van der Waals surface area contributed by atoms with Gasteiger partial charge in [0.1, 0.15) is 0 Å². The van der Waals surface area contributed by atoms with E-state index in [0.717, 1.165) is 30.5 Å². The van der Waals surface area contributed by atoms with Crippen LogP contribution in [0.5, 0.6) is 0 Å². The highest BCUT2D eigenvalue weighted by Crippen LogP contribution is 2.44. The van der Waals surface area contributed by atoms with Gasteiger partial charge in [-0.2, -0.15) is 0 Å². The summed E-state index contributed by atoms with van der Waals surface area (Å²) < 4.78 is 6.21. The molecular weight excluding hydrogens is 378 g/mol. The van der Waals surface area contributed by atoms with Gasteiger partial charge in [-0.05, 0) is 42.0 Å². The number of likely N-dealkylation sites (tertiary alicyclic amines) is 1. The standard InChI is InChI=1S/C24H27N3O3/c1-17(28)27-13-10-21(19-7-3-5-9-22(19)27)25-23(29)26-14-11-24(12-15-26)20-8-4-2-6-18(20)16-30-24/h2-9,21H,10-16H2,1H3,(H,25,29). The first-order valence-electron chi connectivity index (χ1n) is 10.7. The largest absolute Gasteiger partial charge is 0.365 e. The summed E-state index contributed by atoms with van der Waals surface area (Å²) >= 11 is 0. The van der Waals surface area contributed by atoms with E-state index in [4.69, 9.17) is 4.74 Å². The Morgan fingerprint density at radius 1 is 1.03 bits per heavy atom. The van der Waals surface area contributed by atoms with E-state index in [1.807, 2.05) is 29.2 Å². The molecule has 6 heteroatoms. The van der Waals surface area contributed by atoms with Gasteiger partial charge in [0, 0.05) is 32.2 Å². The van der Waals surface area contributed by atoms with Gasteiger partial charge in [-0.25, -0.2) is 4.79 Å². The molecule has 1 N–H and O–H groups in total. The highest BCUT2D eigenvalue weighted by Gasteiger charge is 2.43. The van der Waals surface area contributed by atoms with Crippen molar-refractivity contribution in [3.05, 3.63) is 65.2 Å². The number of urea groups is 1. The van der Waals surface area contributed by atoms with Crippen molar-refractivity contribution in [3.63, 3.8) is 0 Å². The highest BCUT2D eigenvalue weighted by molar-refractivity contribution is 5.93. The normalized spacial score (nSPS) is 21.8. The predicted molar refractivity (Wildman–Crippen MR) is 114 cm³/mol. The lowest BCUT2D eigenvalue weighted by Gasteiger charge is -2.40. The average molecular weight is 405 g/mol. The molecule has 2 aromatic carbocycles. The van der Waals surface area contributed by atoms with Gasteiger partial charge in [0.2, 0.25) is 5.91 Å². The van der Waals surface area contributed by atoms with Crippen molar-refractivity contribution in [2.45, 2.75) is 44.4 Å². The number of carbonyl (C=O) groups is 2. The molecule has 0 bridgehead atoms. The second-order valence-electron chi connectivity index (χ2n) is 8.45. The number of nitrogens with one attached hydrogen (secondary N) is 1. The van der Waals surface area contributed by atoms with E-state index in [-0.39, 0.29) is 23.6 Å². The van der Waals surface area contributed by atoms with Gasteiger partial charge in [0.25, 0.3) is 0 Å². The number of amides is 3. The van der Waals surface area contributed by atoms with Crippen LogP contribution in [0, 0.1) is 0 Å². The van der Waals surface area contributed by atoms with Crippen LogP contribution < -0.4 is 10.2 Å². The molecule has 6 nitrogen and oxygen atoms in total. The summed E-state index contributed by atoms with van der Waals surface area (Å²) in [5.41, 5.74) is 4.22. The van der Waals surface area contributed by atoms with Gasteiger partial charge in [0.05, 0.1) is 18.2 Å². The zero-order valence-electron chi connectivity index (χ0n) is 17.3. The Kier molecular flexibility index (Phi) is 4.74. The smallest absolute Gasteiger partial charge is 0.317 e. The van der Waals surface area contributed by atoms with Crippen LogP contribution in [0.4, 0.5) is 10.5 Å². The molecule has 3 amide bonds. The summed E-state index contributed by atoms with van der Waals surface area (Å²) in [7, 11) is 0. The number of hydrogen-bond donors (Lipinski definition) is 1. The zero-order valence-corrected chi connectivity index (χ0v) is 17.3. The maximum absolute atomic E-state index is 13.0. The van der Waals surface area contributed by atoms with Crippen LogP contribution in [0.25, 0.3) is 0 Å². The summed E-state index contributed by atoms with van der Waals surface area (Å²) in [5, 5.41) is 3.21. The van der Waals surface area contributed by atoms with E-state index in [1.54, 1.807) is 11.8 Å². The minimum absolute atomic E-state index is 0.0328. The molecule has 156 valence electrons. The van der Waals surface area contributed by atoms with Gasteiger partial charge < -0.3 is 19.9 Å². The van der Waals surface area contributed by atoms with E-state index in [1.165, 1.54) is 11.1 Å². The maximum Gasteiger partial charge on any atom is 0.317 e. The molecule has 1 unspecified atom stereocenters. The molecule has 0 saturated carbocycles. The van der Waals surface area contributed by atoms with E-state index in [0.29, 0.717) is 26.2 Å². The minimum atomic E-state index is -0.243. The SMILES string of the molecule is CC(=O)N1CCC(NC(=O)N2CCC3(CC2)OCc2ccccc23)c2ccccc21. The number of nitrogens with zero attached hydrogens (tertiary/aromatic N) is 2. The molecule has 5 rings (SSSR count). The van der Waals surface area contributed by atoms with Crippen molar-refractivity contribution in [1.82, 2.24) is 10.2 Å². The fourth-order valence-electron chi connectivity index (χ4n) is 5.15. The fraction of sp³-hybridized carbons (Fsp3) is 0.417. The van der Waals surface area contributed by atoms with Crippen LogP contribution in [0.2, 0.25) is 0 Å². The average Bonchev–Trinajstić information content (AvgIpc) is 3.12. The third-order valence-electron chi connectivity index (χ3n) is 6.79. The highest BCUT2D eigenvalue weighted by atomic mass is 16.5. The Balaban J connectivity index is 1.26. The van der Waals surface area contributed by atoms with Crippen molar-refractivity contribution in [2.75, 3.05) is 24.5 Å². The Morgan fingerprint density at radius 2 is 1.77 bits per heavy atom. The van der Waals surface area contributed by atoms with Crippen LogP contribution in [0.3, 0.4) is 0 Å².